The van der Waals surface area contributed by atoms with Crippen LogP contribution in [0.4, 0.5) is 0 Å². The first kappa shape index (κ1) is 63.0. The summed E-state index contributed by atoms with van der Waals surface area (Å²) in [6.45, 7) is 6.33. The van der Waals surface area contributed by atoms with Crippen molar-refractivity contribution in [2.75, 3.05) is 6.61 Å². The van der Waals surface area contributed by atoms with E-state index in [2.05, 4.69) is 99.0 Å². The smallest absolute Gasteiger partial charge is 0.306 e. The van der Waals surface area contributed by atoms with Gasteiger partial charge in [-0.3, -0.25) is 9.59 Å². The van der Waals surface area contributed by atoms with E-state index in [1.807, 2.05) is 6.08 Å². The van der Waals surface area contributed by atoms with Crippen LogP contribution < -0.4 is 5.32 Å². The minimum Gasteiger partial charge on any atom is -0.458 e. The van der Waals surface area contributed by atoms with E-state index >= 15 is 0 Å². The van der Waals surface area contributed by atoms with Crippen molar-refractivity contribution in [3.63, 3.8) is 0 Å². The fourth-order valence-corrected chi connectivity index (χ4v) is 8.01. The van der Waals surface area contributed by atoms with Crippen molar-refractivity contribution in [3.8, 4) is 0 Å². The van der Waals surface area contributed by atoms with Crippen molar-refractivity contribution in [3.05, 3.63) is 85.1 Å². The predicted molar refractivity (Wildman–Crippen MR) is 287 cm³/mol. The Morgan fingerprint density at radius 1 is 0.470 bits per heavy atom. The van der Waals surface area contributed by atoms with Crippen molar-refractivity contribution < 1.29 is 24.5 Å². The lowest BCUT2D eigenvalue weighted by Gasteiger charge is -2.23. The van der Waals surface area contributed by atoms with E-state index < -0.39 is 18.2 Å². The highest BCUT2D eigenvalue weighted by Crippen LogP contribution is 2.16. The molecule has 0 aliphatic rings. The molecule has 0 fully saturated rings. The summed E-state index contributed by atoms with van der Waals surface area (Å²) in [5.74, 6) is -0.634. The Balaban J connectivity index is 4.74. The standard InChI is InChI=1S/C60H105NO5/c1-4-7-10-13-16-19-22-25-28-29-32-33-36-39-42-45-48-51-56(66-60(65)53-50-47-44-41-38-35-31-27-24-21-18-15-12-9-6-3)54-59(64)61-57(55-62)58(63)52-49-46-43-40-37-34-30-26-23-20-17-14-11-8-5-2/h7,10,16,19,21,24-25,28,32-33,39,42,48,51,56-58,62-63H,4-6,8-9,11-15,17-18,20,22-23,26-27,29-31,34-38,40-41,43-47,49-50,52-55H2,1-3H3,(H,61,64)/b10-7-,19-16-,24-21-,28-25-,33-32-,42-39-,51-48-. The molecule has 0 heterocycles. The summed E-state index contributed by atoms with van der Waals surface area (Å²) in [7, 11) is 0. The molecule has 0 rings (SSSR count). The molecule has 6 heteroatoms. The second kappa shape index (κ2) is 53.0. The zero-order valence-corrected chi connectivity index (χ0v) is 43.3. The summed E-state index contributed by atoms with van der Waals surface area (Å²) in [5.41, 5.74) is 0. The maximum Gasteiger partial charge on any atom is 0.306 e. The number of allylic oxidation sites excluding steroid dienone is 13. The van der Waals surface area contributed by atoms with E-state index in [0.717, 1.165) is 70.6 Å². The monoisotopic (exact) mass is 920 g/mol. The molecule has 3 atom stereocenters. The van der Waals surface area contributed by atoms with Crippen LogP contribution in [-0.2, 0) is 14.3 Å². The Hall–Kier alpha value is -2.96. The molecule has 3 N–H and O–H groups in total. The van der Waals surface area contributed by atoms with Crippen molar-refractivity contribution in [1.82, 2.24) is 5.32 Å². The molecule has 6 nitrogen and oxygen atoms in total. The van der Waals surface area contributed by atoms with Gasteiger partial charge in [-0.2, -0.15) is 0 Å². The van der Waals surface area contributed by atoms with E-state index in [-0.39, 0.29) is 24.9 Å². The van der Waals surface area contributed by atoms with E-state index in [0.29, 0.717) is 19.3 Å². The number of esters is 1. The van der Waals surface area contributed by atoms with Crippen LogP contribution in [0.25, 0.3) is 0 Å². The van der Waals surface area contributed by atoms with Gasteiger partial charge < -0.3 is 20.3 Å². The van der Waals surface area contributed by atoms with Crippen molar-refractivity contribution in [2.45, 2.75) is 277 Å². The summed E-state index contributed by atoms with van der Waals surface area (Å²) in [6.07, 6.45) is 69.6. The number of amides is 1. The molecule has 66 heavy (non-hydrogen) atoms. The topological polar surface area (TPSA) is 95.9 Å². The number of nitrogens with one attached hydrogen (secondary N) is 1. The molecule has 1 amide bonds. The molecule has 380 valence electrons. The van der Waals surface area contributed by atoms with Crippen LogP contribution in [-0.4, -0.2) is 46.9 Å². The maximum absolute atomic E-state index is 13.2. The number of hydrogen-bond acceptors (Lipinski definition) is 5. The minimum absolute atomic E-state index is 0.0515. The Kier molecular flexibility index (Phi) is 50.6. The van der Waals surface area contributed by atoms with Crippen LogP contribution in [0.3, 0.4) is 0 Å². The molecule has 0 saturated carbocycles. The van der Waals surface area contributed by atoms with Gasteiger partial charge in [0, 0.05) is 6.42 Å². The van der Waals surface area contributed by atoms with Gasteiger partial charge in [-0.15, -0.1) is 0 Å². The van der Waals surface area contributed by atoms with E-state index in [4.69, 9.17) is 4.74 Å². The highest BCUT2D eigenvalue weighted by molar-refractivity contribution is 5.78. The lowest BCUT2D eigenvalue weighted by Crippen LogP contribution is -2.46. The van der Waals surface area contributed by atoms with Gasteiger partial charge in [-0.1, -0.05) is 247 Å². The number of unbranched alkanes of at least 4 members (excludes halogenated alkanes) is 25. The summed E-state index contributed by atoms with van der Waals surface area (Å²) >= 11 is 0. The van der Waals surface area contributed by atoms with Crippen molar-refractivity contribution in [2.24, 2.45) is 0 Å². The average Bonchev–Trinajstić information content (AvgIpc) is 3.31. The summed E-state index contributed by atoms with van der Waals surface area (Å²) < 4.78 is 5.84. The Bertz CT molecular complexity index is 1260. The molecule has 0 aliphatic carbocycles. The summed E-state index contributed by atoms with van der Waals surface area (Å²) in [6, 6.07) is -0.748. The molecule has 3 unspecified atom stereocenters. The number of aliphatic hydroxyl groups excluding tert-OH is 2. The Morgan fingerprint density at radius 3 is 1.29 bits per heavy atom. The van der Waals surface area contributed by atoms with Gasteiger partial charge in [-0.25, -0.2) is 0 Å². The van der Waals surface area contributed by atoms with Gasteiger partial charge in [0.25, 0.3) is 0 Å². The molecular weight excluding hydrogens is 815 g/mol. The highest BCUT2D eigenvalue weighted by Gasteiger charge is 2.23. The first-order valence-electron chi connectivity index (χ1n) is 27.8. The van der Waals surface area contributed by atoms with Crippen LogP contribution in [0, 0.1) is 0 Å². The molecule has 0 bridgehead atoms. The largest absolute Gasteiger partial charge is 0.458 e. The van der Waals surface area contributed by atoms with Crippen molar-refractivity contribution in [1.29, 1.82) is 0 Å². The van der Waals surface area contributed by atoms with Gasteiger partial charge in [0.05, 0.1) is 25.2 Å². The molecule has 0 aromatic heterocycles. The molecular formula is C60H105NO5. The van der Waals surface area contributed by atoms with Gasteiger partial charge in [0.2, 0.25) is 5.91 Å². The zero-order valence-electron chi connectivity index (χ0n) is 43.3. The zero-order chi connectivity index (χ0) is 48.1. The average molecular weight is 921 g/mol. The third-order valence-electron chi connectivity index (χ3n) is 12.2. The van der Waals surface area contributed by atoms with Crippen LogP contribution in [0.2, 0.25) is 0 Å². The number of carbonyl (C=O) groups is 2. The van der Waals surface area contributed by atoms with Crippen molar-refractivity contribution >= 4 is 11.9 Å². The minimum atomic E-state index is -0.824. The number of ether oxygens (including phenoxy) is 1. The van der Waals surface area contributed by atoms with Gasteiger partial charge in [-0.05, 0) is 83.1 Å². The number of aliphatic hydroxyl groups is 2. The van der Waals surface area contributed by atoms with Crippen LogP contribution in [0.1, 0.15) is 258 Å². The maximum atomic E-state index is 13.2. The lowest BCUT2D eigenvalue weighted by molar-refractivity contribution is -0.148. The van der Waals surface area contributed by atoms with E-state index in [9.17, 15) is 19.8 Å². The van der Waals surface area contributed by atoms with E-state index in [1.165, 1.54) is 141 Å². The lowest BCUT2D eigenvalue weighted by atomic mass is 10.0. The Labute approximate surface area is 408 Å². The number of carbonyl (C=O) groups excluding carboxylic acids is 2. The molecule has 0 spiro atoms. The molecule has 0 radical (unpaired) electrons. The van der Waals surface area contributed by atoms with Crippen LogP contribution in [0.5, 0.6) is 0 Å². The van der Waals surface area contributed by atoms with Gasteiger partial charge in [0.1, 0.15) is 6.10 Å². The molecule has 0 saturated heterocycles. The van der Waals surface area contributed by atoms with Crippen LogP contribution in [0.15, 0.2) is 85.1 Å². The summed E-state index contributed by atoms with van der Waals surface area (Å²) in [4.78, 5) is 26.2. The second-order valence-electron chi connectivity index (χ2n) is 18.6. The Morgan fingerprint density at radius 2 is 0.848 bits per heavy atom. The first-order chi connectivity index (χ1) is 32.5. The quantitative estimate of drug-likeness (QED) is 0.0321. The highest BCUT2D eigenvalue weighted by atomic mass is 16.5. The van der Waals surface area contributed by atoms with Crippen LogP contribution >= 0.6 is 0 Å². The van der Waals surface area contributed by atoms with Gasteiger partial charge in [0.15, 0.2) is 0 Å². The normalized spacial score (nSPS) is 13.8. The van der Waals surface area contributed by atoms with Gasteiger partial charge >= 0.3 is 5.97 Å². The third kappa shape index (κ3) is 47.5. The molecule has 0 aliphatic heterocycles. The molecule has 0 aromatic carbocycles. The summed E-state index contributed by atoms with van der Waals surface area (Å²) in [5, 5.41) is 23.8. The number of rotatable bonds is 49. The predicted octanol–water partition coefficient (Wildman–Crippen LogP) is 17.1. The SMILES string of the molecule is CC/C=C\C/C=C\C/C=C\C/C=C\C/C=C\C/C=C\C(CC(=O)NC(CO)C(O)CCCCCCCCCCCCCCCCC)OC(=O)CCCCCCCCC/C=C\CCCCCC. The van der Waals surface area contributed by atoms with E-state index in [1.54, 1.807) is 6.08 Å². The fraction of sp³-hybridized carbons (Fsp3) is 0.733. The second-order valence-corrected chi connectivity index (χ2v) is 18.6. The first-order valence-corrected chi connectivity index (χ1v) is 27.8. The third-order valence-corrected chi connectivity index (χ3v) is 12.2. The molecule has 0 aromatic rings. The number of hydrogen-bond donors (Lipinski definition) is 3. The fourth-order valence-electron chi connectivity index (χ4n) is 8.01.